The first-order valence-corrected chi connectivity index (χ1v) is 12.3. The molecule has 3 rings (SSSR count). The zero-order chi connectivity index (χ0) is 19.2. The van der Waals surface area contributed by atoms with Gasteiger partial charge < -0.3 is 0 Å². The molecule has 27 heavy (non-hydrogen) atoms. The normalized spacial score (nSPS) is 11.7. The van der Waals surface area contributed by atoms with Crippen LogP contribution in [-0.4, -0.2) is 18.7 Å². The summed E-state index contributed by atoms with van der Waals surface area (Å²) >= 11 is 8.63. The van der Waals surface area contributed by atoms with Crippen LogP contribution >= 0.6 is 43.6 Å². The van der Waals surface area contributed by atoms with Crippen LogP contribution < -0.4 is 0 Å². The van der Waals surface area contributed by atoms with Crippen molar-refractivity contribution in [2.75, 3.05) is 0 Å². The predicted molar refractivity (Wildman–Crippen MR) is 122 cm³/mol. The van der Waals surface area contributed by atoms with Gasteiger partial charge in [0, 0.05) is 0 Å². The molecule has 1 aromatic carbocycles. The third kappa shape index (κ3) is 4.85. The fraction of sp³-hybridized carbons (Fsp3) is 0.600. The van der Waals surface area contributed by atoms with Gasteiger partial charge in [-0.05, 0) is 57.5 Å². The zero-order valence-electron chi connectivity index (χ0n) is 16.0. The van der Waals surface area contributed by atoms with E-state index < -0.39 is 0 Å². The van der Waals surface area contributed by atoms with E-state index in [1.54, 1.807) is 0 Å². The fourth-order valence-corrected chi connectivity index (χ4v) is 5.25. The summed E-state index contributed by atoms with van der Waals surface area (Å²) in [6, 6.07) is 0. The van der Waals surface area contributed by atoms with Crippen molar-refractivity contribution in [1.29, 1.82) is 0 Å². The quantitative estimate of drug-likeness (QED) is 0.265. The summed E-state index contributed by atoms with van der Waals surface area (Å²) in [5.41, 5.74) is 5.83. The lowest BCUT2D eigenvalue weighted by Crippen LogP contribution is -2.04. The monoisotopic (exact) mass is 512 g/mol. The van der Waals surface area contributed by atoms with Gasteiger partial charge in [0.15, 0.2) is 0 Å². The molecule has 0 unspecified atom stereocenters. The van der Waals surface area contributed by atoms with Gasteiger partial charge in [-0.2, -0.15) is 8.75 Å². The van der Waals surface area contributed by atoms with E-state index in [0.717, 1.165) is 55.2 Å². The van der Waals surface area contributed by atoms with E-state index in [-0.39, 0.29) is 0 Å². The van der Waals surface area contributed by atoms with Gasteiger partial charge in [-0.3, -0.25) is 0 Å². The Morgan fingerprint density at radius 3 is 1.48 bits per heavy atom. The highest BCUT2D eigenvalue weighted by Gasteiger charge is 2.19. The topological polar surface area (TPSA) is 51.6 Å². The predicted octanol–water partition coefficient (Wildman–Crippen LogP) is 7.41. The number of unbranched alkanes of at least 4 members (excludes halogenated alkanes) is 6. The Morgan fingerprint density at radius 2 is 1.07 bits per heavy atom. The van der Waals surface area contributed by atoms with Crippen LogP contribution in [0.5, 0.6) is 0 Å². The average Bonchev–Trinajstić information content (AvgIpc) is 3.17. The van der Waals surface area contributed by atoms with Crippen LogP contribution in [0.15, 0.2) is 8.95 Å². The summed E-state index contributed by atoms with van der Waals surface area (Å²) in [5.74, 6) is 0. The van der Waals surface area contributed by atoms with Crippen LogP contribution in [-0.2, 0) is 12.8 Å². The van der Waals surface area contributed by atoms with Gasteiger partial charge in [-0.1, -0.05) is 52.4 Å². The Balaban J connectivity index is 1.99. The van der Waals surface area contributed by atoms with Crippen LogP contribution in [0.1, 0.15) is 76.6 Å². The first kappa shape index (κ1) is 21.1. The number of aryl methyl sites for hydroxylation is 2. The smallest absolute Gasteiger partial charge is 0.122 e. The van der Waals surface area contributed by atoms with Crippen molar-refractivity contribution < 1.29 is 0 Å². The summed E-state index contributed by atoms with van der Waals surface area (Å²) in [5, 5.41) is 0. The van der Waals surface area contributed by atoms with E-state index in [1.165, 1.54) is 63.1 Å². The molecule has 3 aromatic rings. The van der Waals surface area contributed by atoms with Crippen molar-refractivity contribution in [2.45, 2.75) is 78.1 Å². The minimum Gasteiger partial charge on any atom is -0.248 e. The maximum absolute atomic E-state index is 5.06. The number of halogens is 2. The molecule has 0 aliphatic carbocycles. The number of nitrogens with zero attached hydrogens (tertiary/aromatic N) is 4. The third-order valence-electron chi connectivity index (χ3n) is 4.91. The van der Waals surface area contributed by atoms with E-state index in [4.69, 9.17) is 9.97 Å². The number of rotatable bonds is 10. The Morgan fingerprint density at radius 1 is 0.630 bits per heavy atom. The zero-order valence-corrected chi connectivity index (χ0v) is 20.0. The second-order valence-electron chi connectivity index (χ2n) is 7.02. The first-order valence-electron chi connectivity index (χ1n) is 9.96. The van der Waals surface area contributed by atoms with Gasteiger partial charge in [-0.15, -0.1) is 0 Å². The molecule has 0 N–H and O–H groups in total. The van der Waals surface area contributed by atoms with Crippen LogP contribution in [0.25, 0.3) is 22.1 Å². The second-order valence-corrected chi connectivity index (χ2v) is 9.14. The maximum atomic E-state index is 5.06. The van der Waals surface area contributed by atoms with E-state index in [9.17, 15) is 0 Å². The van der Waals surface area contributed by atoms with Crippen LogP contribution in [0, 0.1) is 0 Å². The van der Waals surface area contributed by atoms with Crippen LogP contribution in [0.3, 0.4) is 0 Å². The molecule has 0 aliphatic rings. The van der Waals surface area contributed by atoms with Crippen molar-refractivity contribution in [3.8, 4) is 0 Å². The Labute approximate surface area is 182 Å². The van der Waals surface area contributed by atoms with Gasteiger partial charge in [0.2, 0.25) is 0 Å². The van der Waals surface area contributed by atoms with Crippen molar-refractivity contribution in [1.82, 2.24) is 18.7 Å². The fourth-order valence-electron chi connectivity index (χ4n) is 3.35. The molecule has 0 fully saturated rings. The van der Waals surface area contributed by atoms with Gasteiger partial charge >= 0.3 is 0 Å². The molecular formula is C20H26Br2N4S. The Kier molecular flexibility index (Phi) is 7.97. The summed E-state index contributed by atoms with van der Waals surface area (Å²) < 4.78 is 10.7. The minimum atomic E-state index is 0.862. The van der Waals surface area contributed by atoms with Crippen molar-refractivity contribution in [3.63, 3.8) is 0 Å². The molecule has 0 saturated carbocycles. The lowest BCUT2D eigenvalue weighted by Gasteiger charge is -2.12. The van der Waals surface area contributed by atoms with Gasteiger partial charge in [0.1, 0.15) is 22.1 Å². The van der Waals surface area contributed by atoms with Crippen LogP contribution in [0.4, 0.5) is 0 Å². The molecule has 146 valence electrons. The summed E-state index contributed by atoms with van der Waals surface area (Å²) in [7, 11) is 0. The average molecular weight is 514 g/mol. The molecule has 0 saturated heterocycles. The molecule has 7 heteroatoms. The third-order valence-corrected chi connectivity index (χ3v) is 6.94. The molecular weight excluding hydrogens is 488 g/mol. The van der Waals surface area contributed by atoms with Crippen molar-refractivity contribution in [2.24, 2.45) is 0 Å². The highest BCUT2D eigenvalue weighted by Crippen LogP contribution is 2.37. The van der Waals surface area contributed by atoms with E-state index >= 15 is 0 Å². The minimum absolute atomic E-state index is 0.862. The number of aromatic nitrogens is 4. The molecule has 4 nitrogen and oxygen atoms in total. The number of hydrogen-bond acceptors (Lipinski definition) is 5. The molecule has 0 aliphatic heterocycles. The van der Waals surface area contributed by atoms with E-state index in [0.29, 0.717) is 0 Å². The maximum Gasteiger partial charge on any atom is 0.122 e. The first-order chi connectivity index (χ1) is 13.2. The van der Waals surface area contributed by atoms with Crippen LogP contribution in [0.2, 0.25) is 0 Å². The molecule has 0 spiro atoms. The Hall–Kier alpha value is -0.660. The summed E-state index contributed by atoms with van der Waals surface area (Å²) in [4.78, 5) is 10.1. The van der Waals surface area contributed by atoms with E-state index in [1.807, 2.05) is 0 Å². The molecule has 0 amide bonds. The molecule has 0 atom stereocenters. The van der Waals surface area contributed by atoms with Gasteiger partial charge in [-0.25, -0.2) is 9.97 Å². The van der Waals surface area contributed by atoms with Gasteiger partial charge in [0.05, 0.1) is 32.1 Å². The highest BCUT2D eigenvalue weighted by molar-refractivity contribution is 9.11. The van der Waals surface area contributed by atoms with Crippen molar-refractivity contribution >= 4 is 65.7 Å². The number of hydrogen-bond donors (Lipinski definition) is 0. The van der Waals surface area contributed by atoms with E-state index in [2.05, 4.69) is 54.5 Å². The standard InChI is InChI=1S/C20H26Br2N4S/c1-3-5-7-9-11-13-14(12-10-8-6-4-2)24-18-16(22)20-19(25-27-26-20)15(21)17(18)23-13/h3-12H2,1-2H3. The number of benzene rings is 1. The SMILES string of the molecule is CCCCCCc1nc2c(Br)c3nsnc3c(Br)c2nc1CCCCCC. The summed E-state index contributed by atoms with van der Waals surface area (Å²) in [6.07, 6.45) is 11.9. The summed E-state index contributed by atoms with van der Waals surface area (Å²) in [6.45, 7) is 4.49. The highest BCUT2D eigenvalue weighted by atomic mass is 79.9. The Bertz CT molecular complexity index is 839. The largest absolute Gasteiger partial charge is 0.248 e. The van der Waals surface area contributed by atoms with Crippen molar-refractivity contribution in [3.05, 3.63) is 20.3 Å². The molecule has 2 aromatic heterocycles. The lowest BCUT2D eigenvalue weighted by molar-refractivity contribution is 0.639. The molecule has 0 radical (unpaired) electrons. The van der Waals surface area contributed by atoms with Gasteiger partial charge in [0.25, 0.3) is 0 Å². The molecule has 0 bridgehead atoms. The number of fused-ring (bicyclic) bond motifs is 2. The lowest BCUT2D eigenvalue weighted by atomic mass is 10.0. The second kappa shape index (κ2) is 10.2. The molecule has 2 heterocycles.